The number of hydrogen-bond donors (Lipinski definition) is 2. The molecule has 0 aromatic heterocycles. The number of fused-ring (bicyclic) bond motifs is 1. The van der Waals surface area contributed by atoms with E-state index in [4.69, 9.17) is 0 Å². The van der Waals surface area contributed by atoms with Gasteiger partial charge in [-0.05, 0) is 36.1 Å². The van der Waals surface area contributed by atoms with Gasteiger partial charge in [0, 0.05) is 18.2 Å². The van der Waals surface area contributed by atoms with E-state index in [1.807, 2.05) is 18.2 Å². The van der Waals surface area contributed by atoms with E-state index >= 15 is 0 Å². The van der Waals surface area contributed by atoms with Gasteiger partial charge in [-0.2, -0.15) is 0 Å². The molecule has 1 atom stereocenters. The Morgan fingerprint density at radius 3 is 2.52 bits per heavy atom. The van der Waals surface area contributed by atoms with E-state index in [-0.39, 0.29) is 0 Å². The minimum absolute atomic E-state index is 0.385. The molecular weight excluding hydrogens is 258 g/mol. The molecule has 21 heavy (non-hydrogen) atoms. The fourth-order valence-corrected chi connectivity index (χ4v) is 2.72. The van der Waals surface area contributed by atoms with Gasteiger partial charge >= 0.3 is 0 Å². The largest absolute Gasteiger partial charge is 0.508 e. The van der Waals surface area contributed by atoms with E-state index in [0.29, 0.717) is 11.8 Å². The third-order valence-corrected chi connectivity index (χ3v) is 4.06. The first-order chi connectivity index (χ1) is 10.1. The van der Waals surface area contributed by atoms with Crippen LogP contribution in [0.3, 0.4) is 0 Å². The molecule has 0 aliphatic heterocycles. The van der Waals surface area contributed by atoms with Crippen molar-refractivity contribution in [2.45, 2.75) is 52.6 Å². The highest BCUT2D eigenvalue weighted by Crippen LogP contribution is 2.27. The minimum Gasteiger partial charge on any atom is -0.508 e. The van der Waals surface area contributed by atoms with Gasteiger partial charge in [0.1, 0.15) is 5.75 Å². The van der Waals surface area contributed by atoms with Crippen LogP contribution in [0.1, 0.15) is 45.6 Å². The summed E-state index contributed by atoms with van der Waals surface area (Å²) < 4.78 is 0. The Morgan fingerprint density at radius 1 is 1.00 bits per heavy atom. The van der Waals surface area contributed by atoms with Crippen LogP contribution in [-0.4, -0.2) is 11.1 Å². The number of aromatic hydroxyl groups is 1. The highest BCUT2D eigenvalue weighted by molar-refractivity contribution is 5.87. The van der Waals surface area contributed by atoms with Gasteiger partial charge in [0.15, 0.2) is 0 Å². The van der Waals surface area contributed by atoms with E-state index in [1.54, 1.807) is 6.07 Å². The molecular formula is C19H27NO. The predicted octanol–water partition coefficient (Wildman–Crippen LogP) is 4.85. The maximum atomic E-state index is 10.1. The summed E-state index contributed by atoms with van der Waals surface area (Å²) in [5, 5.41) is 16.0. The SMILES string of the molecule is CC(C)CCCC(C)NCc1c(O)ccc2ccccc12. The van der Waals surface area contributed by atoms with E-state index in [0.717, 1.165) is 23.4 Å². The monoisotopic (exact) mass is 285 g/mol. The molecule has 0 saturated heterocycles. The second-order valence-electron chi connectivity index (χ2n) is 6.39. The van der Waals surface area contributed by atoms with Crippen LogP contribution in [0.15, 0.2) is 36.4 Å². The number of phenols is 1. The number of benzene rings is 2. The van der Waals surface area contributed by atoms with E-state index in [1.165, 1.54) is 24.6 Å². The first-order valence-electron chi connectivity index (χ1n) is 8.01. The fourth-order valence-electron chi connectivity index (χ4n) is 2.72. The number of hydrogen-bond acceptors (Lipinski definition) is 2. The van der Waals surface area contributed by atoms with Crippen LogP contribution in [0.5, 0.6) is 5.75 Å². The van der Waals surface area contributed by atoms with E-state index < -0.39 is 0 Å². The summed E-state index contributed by atoms with van der Waals surface area (Å²) in [4.78, 5) is 0. The second kappa shape index (κ2) is 7.46. The standard InChI is InChI=1S/C19H27NO/c1-14(2)7-6-8-15(3)20-13-18-17-10-5-4-9-16(17)11-12-19(18)21/h4-5,9-12,14-15,20-21H,6-8,13H2,1-3H3. The second-order valence-corrected chi connectivity index (χ2v) is 6.39. The van der Waals surface area contributed by atoms with Gasteiger partial charge in [-0.15, -0.1) is 0 Å². The van der Waals surface area contributed by atoms with Crippen LogP contribution in [0.2, 0.25) is 0 Å². The Morgan fingerprint density at radius 2 is 1.76 bits per heavy atom. The van der Waals surface area contributed by atoms with Crippen LogP contribution >= 0.6 is 0 Å². The van der Waals surface area contributed by atoms with Crippen molar-refractivity contribution in [3.05, 3.63) is 42.0 Å². The van der Waals surface area contributed by atoms with Crippen LogP contribution in [0.25, 0.3) is 10.8 Å². The summed E-state index contributed by atoms with van der Waals surface area (Å²) in [6, 6.07) is 12.5. The molecule has 0 saturated carbocycles. The quantitative estimate of drug-likeness (QED) is 0.762. The summed E-state index contributed by atoms with van der Waals surface area (Å²) in [5.41, 5.74) is 1.00. The zero-order valence-corrected chi connectivity index (χ0v) is 13.4. The first-order valence-corrected chi connectivity index (χ1v) is 8.01. The Bertz CT molecular complexity index is 577. The molecule has 1 unspecified atom stereocenters. The molecule has 0 bridgehead atoms. The van der Waals surface area contributed by atoms with Gasteiger partial charge in [0.2, 0.25) is 0 Å². The average molecular weight is 285 g/mol. The third-order valence-electron chi connectivity index (χ3n) is 4.06. The molecule has 2 rings (SSSR count). The normalized spacial score (nSPS) is 13.0. The molecule has 0 aliphatic carbocycles. The lowest BCUT2D eigenvalue weighted by molar-refractivity contribution is 0.442. The third kappa shape index (κ3) is 4.47. The van der Waals surface area contributed by atoms with Crippen molar-refractivity contribution < 1.29 is 5.11 Å². The molecule has 0 amide bonds. The van der Waals surface area contributed by atoms with Crippen molar-refractivity contribution in [1.29, 1.82) is 0 Å². The fraction of sp³-hybridized carbons (Fsp3) is 0.474. The average Bonchev–Trinajstić information content (AvgIpc) is 2.46. The van der Waals surface area contributed by atoms with Crippen LogP contribution < -0.4 is 5.32 Å². The van der Waals surface area contributed by atoms with Crippen molar-refractivity contribution in [2.75, 3.05) is 0 Å². The number of phenolic OH excluding ortho intramolecular Hbond substituents is 1. The van der Waals surface area contributed by atoms with Gasteiger partial charge in [0.05, 0.1) is 0 Å². The predicted molar refractivity (Wildman–Crippen MR) is 90.6 cm³/mol. The van der Waals surface area contributed by atoms with Crippen molar-refractivity contribution in [3.8, 4) is 5.75 Å². The first kappa shape index (κ1) is 15.8. The maximum absolute atomic E-state index is 10.1. The van der Waals surface area contributed by atoms with Crippen molar-refractivity contribution in [1.82, 2.24) is 5.32 Å². The molecule has 114 valence electrons. The lowest BCUT2D eigenvalue weighted by Crippen LogP contribution is -2.25. The van der Waals surface area contributed by atoms with E-state index in [2.05, 4.69) is 38.2 Å². The molecule has 0 fully saturated rings. The van der Waals surface area contributed by atoms with E-state index in [9.17, 15) is 5.11 Å². The Balaban J connectivity index is 1.98. The lowest BCUT2D eigenvalue weighted by Gasteiger charge is -2.16. The summed E-state index contributed by atoms with van der Waals surface area (Å²) >= 11 is 0. The van der Waals surface area contributed by atoms with Gasteiger partial charge in [-0.25, -0.2) is 0 Å². The molecule has 2 nitrogen and oxygen atoms in total. The van der Waals surface area contributed by atoms with Gasteiger partial charge in [-0.1, -0.05) is 57.0 Å². The smallest absolute Gasteiger partial charge is 0.120 e. The summed E-state index contributed by atoms with van der Waals surface area (Å²) in [5.74, 6) is 1.16. The number of rotatable bonds is 7. The summed E-state index contributed by atoms with van der Waals surface area (Å²) in [6.45, 7) is 7.48. The number of nitrogens with one attached hydrogen (secondary N) is 1. The Labute approximate surface area is 128 Å². The summed E-state index contributed by atoms with van der Waals surface area (Å²) in [6.07, 6.45) is 3.72. The molecule has 0 spiro atoms. The van der Waals surface area contributed by atoms with Crippen molar-refractivity contribution >= 4 is 10.8 Å². The summed E-state index contributed by atoms with van der Waals surface area (Å²) in [7, 11) is 0. The highest BCUT2D eigenvalue weighted by atomic mass is 16.3. The molecule has 2 aromatic carbocycles. The van der Waals surface area contributed by atoms with Crippen LogP contribution in [0, 0.1) is 5.92 Å². The maximum Gasteiger partial charge on any atom is 0.120 e. The van der Waals surface area contributed by atoms with Crippen molar-refractivity contribution in [3.63, 3.8) is 0 Å². The topological polar surface area (TPSA) is 32.3 Å². The van der Waals surface area contributed by atoms with Gasteiger partial charge < -0.3 is 10.4 Å². The van der Waals surface area contributed by atoms with Crippen LogP contribution in [-0.2, 0) is 6.54 Å². The Kier molecular flexibility index (Phi) is 5.63. The zero-order chi connectivity index (χ0) is 15.2. The zero-order valence-electron chi connectivity index (χ0n) is 13.4. The Hall–Kier alpha value is -1.54. The minimum atomic E-state index is 0.385. The van der Waals surface area contributed by atoms with Gasteiger partial charge in [0.25, 0.3) is 0 Å². The molecule has 0 aliphatic rings. The lowest BCUT2D eigenvalue weighted by atomic mass is 10.0. The molecule has 0 radical (unpaired) electrons. The van der Waals surface area contributed by atoms with Crippen molar-refractivity contribution in [2.24, 2.45) is 5.92 Å². The highest BCUT2D eigenvalue weighted by Gasteiger charge is 2.08. The molecule has 0 heterocycles. The molecule has 2 aromatic rings. The van der Waals surface area contributed by atoms with Gasteiger partial charge in [-0.3, -0.25) is 0 Å². The molecule has 2 heteroatoms. The van der Waals surface area contributed by atoms with Crippen LogP contribution in [0.4, 0.5) is 0 Å². The molecule has 2 N–H and O–H groups in total.